The molecular weight excluding hydrogens is 243 g/mol. The Morgan fingerprint density at radius 1 is 1.35 bits per heavy atom. The van der Waals surface area contributed by atoms with E-state index in [0.29, 0.717) is 6.42 Å². The Balaban J connectivity index is 4.77. The summed E-state index contributed by atoms with van der Waals surface area (Å²) < 4.78 is 0.172. The summed E-state index contributed by atoms with van der Waals surface area (Å²) in [6, 6.07) is 0. The average Bonchev–Trinajstić information content (AvgIpc) is 2.15. The van der Waals surface area contributed by atoms with Gasteiger partial charge in [0.15, 0.2) is 0 Å². The number of allylic oxidation sites excluding steroid dienone is 3. The fraction of sp³-hybridized carbons (Fsp3) is 0.467. The number of hydrogen-bond acceptors (Lipinski definition) is 1. The van der Waals surface area contributed by atoms with Crippen LogP contribution in [0.2, 0.25) is 0 Å². The van der Waals surface area contributed by atoms with Gasteiger partial charge >= 0.3 is 0 Å². The third-order valence-corrected chi connectivity index (χ3v) is 4.76. The van der Waals surface area contributed by atoms with E-state index in [-0.39, 0.29) is 12.7 Å². The van der Waals surface area contributed by atoms with E-state index in [4.69, 9.17) is 12.8 Å². The largest absolute Gasteiger partial charge is 0.124 e. The van der Waals surface area contributed by atoms with Crippen molar-refractivity contribution in [1.29, 1.82) is 0 Å². The van der Waals surface area contributed by atoms with Crippen molar-refractivity contribution >= 4 is 19.7 Å². The quantitative estimate of drug-likeness (QED) is 0.394. The number of terminal acetylenes is 2. The first kappa shape index (κ1) is 16.4. The van der Waals surface area contributed by atoms with Gasteiger partial charge in [0.1, 0.15) is 0 Å². The van der Waals surface area contributed by atoms with Gasteiger partial charge in [0.25, 0.3) is 0 Å². The smallest absolute Gasteiger partial charge is 0.0398 e. The standard InChI is InChI=1S/C15H21PS/c1-8-10-14(17-15(4,5)6)12-13(3)16(7)11-9-2/h1-2,12H,3,10-11H2,4-7H3/b14-12+. The zero-order valence-electron chi connectivity index (χ0n) is 11.2. The van der Waals surface area contributed by atoms with E-state index in [1.54, 1.807) is 11.8 Å². The van der Waals surface area contributed by atoms with Crippen molar-refractivity contribution in [2.24, 2.45) is 0 Å². The van der Waals surface area contributed by atoms with E-state index in [1.807, 2.05) is 0 Å². The lowest BCUT2D eigenvalue weighted by Crippen LogP contribution is -2.07. The average molecular weight is 264 g/mol. The lowest BCUT2D eigenvalue weighted by Gasteiger charge is -2.20. The molecule has 0 radical (unpaired) electrons. The molecule has 1 atom stereocenters. The first-order valence-corrected chi connectivity index (χ1v) is 8.25. The first-order valence-electron chi connectivity index (χ1n) is 5.46. The minimum absolute atomic E-state index is 0.172. The summed E-state index contributed by atoms with van der Waals surface area (Å²) in [5.41, 5.74) is 0. The lowest BCUT2D eigenvalue weighted by atomic mass is 10.3. The Labute approximate surface area is 112 Å². The van der Waals surface area contributed by atoms with Gasteiger partial charge in [0.2, 0.25) is 0 Å². The third-order valence-electron chi connectivity index (χ3n) is 1.86. The highest BCUT2D eigenvalue weighted by Crippen LogP contribution is 2.42. The number of hydrogen-bond donors (Lipinski definition) is 0. The predicted octanol–water partition coefficient (Wildman–Crippen LogP) is 4.68. The van der Waals surface area contributed by atoms with E-state index in [2.05, 4.69) is 51.9 Å². The molecule has 0 amide bonds. The van der Waals surface area contributed by atoms with Crippen LogP contribution in [0.4, 0.5) is 0 Å². The summed E-state index contributed by atoms with van der Waals surface area (Å²) in [5.74, 6) is 5.40. The summed E-state index contributed by atoms with van der Waals surface area (Å²) in [5, 5.41) is 1.12. The molecule has 0 nitrogen and oxygen atoms in total. The van der Waals surface area contributed by atoms with Crippen molar-refractivity contribution in [3.63, 3.8) is 0 Å². The number of thioether (sulfide) groups is 1. The van der Waals surface area contributed by atoms with Crippen LogP contribution in [-0.4, -0.2) is 17.6 Å². The SMILES string of the molecule is C#CC/C(=C\C(=C)P(C)CC#C)SC(C)(C)C. The summed E-state index contributed by atoms with van der Waals surface area (Å²) in [6.07, 6.45) is 14.3. The fourth-order valence-corrected chi connectivity index (χ4v) is 3.23. The van der Waals surface area contributed by atoms with Gasteiger partial charge in [-0.15, -0.1) is 36.4 Å². The molecule has 0 aromatic heterocycles. The molecule has 17 heavy (non-hydrogen) atoms. The van der Waals surface area contributed by atoms with Gasteiger partial charge in [-0.2, -0.15) is 0 Å². The maximum absolute atomic E-state index is 5.40. The van der Waals surface area contributed by atoms with Crippen molar-refractivity contribution in [3.8, 4) is 24.7 Å². The van der Waals surface area contributed by atoms with E-state index in [9.17, 15) is 0 Å². The zero-order valence-corrected chi connectivity index (χ0v) is 12.9. The molecule has 0 aliphatic heterocycles. The Hall–Kier alpha value is -0.620. The Kier molecular flexibility index (Phi) is 7.38. The number of rotatable bonds is 5. The zero-order chi connectivity index (χ0) is 13.5. The van der Waals surface area contributed by atoms with Crippen LogP contribution in [0.3, 0.4) is 0 Å². The molecule has 0 saturated heterocycles. The van der Waals surface area contributed by atoms with Gasteiger partial charge in [-0.05, 0) is 23.0 Å². The van der Waals surface area contributed by atoms with E-state index < -0.39 is 0 Å². The molecule has 0 aliphatic carbocycles. The topological polar surface area (TPSA) is 0 Å². The fourth-order valence-electron chi connectivity index (χ4n) is 1.14. The Morgan fingerprint density at radius 2 is 1.94 bits per heavy atom. The van der Waals surface area contributed by atoms with Crippen molar-refractivity contribution < 1.29 is 0 Å². The second-order valence-corrected chi connectivity index (χ2v) is 9.00. The van der Waals surface area contributed by atoms with Crippen LogP contribution in [0, 0.1) is 24.7 Å². The van der Waals surface area contributed by atoms with E-state index in [1.165, 1.54) is 4.91 Å². The molecule has 0 aliphatic rings. The monoisotopic (exact) mass is 264 g/mol. The third kappa shape index (κ3) is 8.15. The maximum atomic E-state index is 5.40. The molecule has 0 N–H and O–H groups in total. The lowest BCUT2D eigenvalue weighted by molar-refractivity contribution is 0.805. The van der Waals surface area contributed by atoms with Gasteiger partial charge in [0.05, 0.1) is 0 Å². The summed E-state index contributed by atoms with van der Waals surface area (Å²) >= 11 is 1.81. The van der Waals surface area contributed by atoms with E-state index in [0.717, 1.165) is 11.5 Å². The molecule has 0 fully saturated rings. The molecular formula is C15H21PS. The van der Waals surface area contributed by atoms with Crippen LogP contribution in [0.25, 0.3) is 0 Å². The van der Waals surface area contributed by atoms with Gasteiger partial charge in [-0.1, -0.05) is 35.3 Å². The second kappa shape index (κ2) is 7.66. The predicted molar refractivity (Wildman–Crippen MR) is 84.6 cm³/mol. The Morgan fingerprint density at radius 3 is 2.35 bits per heavy atom. The van der Waals surface area contributed by atoms with Crippen LogP contribution in [-0.2, 0) is 0 Å². The molecule has 0 aromatic carbocycles. The molecule has 0 spiro atoms. The molecule has 0 saturated carbocycles. The summed E-state index contributed by atoms with van der Waals surface area (Å²) in [6.45, 7) is 12.8. The second-order valence-electron chi connectivity index (χ2n) is 4.76. The highest BCUT2D eigenvalue weighted by Gasteiger charge is 2.14. The molecule has 0 rings (SSSR count). The van der Waals surface area contributed by atoms with Crippen molar-refractivity contribution in [1.82, 2.24) is 0 Å². The molecule has 1 unspecified atom stereocenters. The van der Waals surface area contributed by atoms with Gasteiger partial charge in [-0.25, -0.2) is 0 Å². The summed E-state index contributed by atoms with van der Waals surface area (Å²) in [4.78, 5) is 1.20. The van der Waals surface area contributed by atoms with Crippen LogP contribution < -0.4 is 0 Å². The van der Waals surface area contributed by atoms with Crippen molar-refractivity contribution in [3.05, 3.63) is 22.9 Å². The van der Waals surface area contributed by atoms with Gasteiger partial charge < -0.3 is 0 Å². The molecule has 2 heteroatoms. The van der Waals surface area contributed by atoms with Crippen molar-refractivity contribution in [2.75, 3.05) is 12.8 Å². The maximum Gasteiger partial charge on any atom is 0.0398 e. The Bertz CT molecular complexity index is 371. The van der Waals surface area contributed by atoms with E-state index >= 15 is 0 Å². The van der Waals surface area contributed by atoms with Crippen molar-refractivity contribution in [2.45, 2.75) is 31.9 Å². The normalized spacial score (nSPS) is 13.6. The van der Waals surface area contributed by atoms with Gasteiger partial charge in [0, 0.05) is 17.3 Å². The molecule has 92 valence electrons. The minimum Gasteiger partial charge on any atom is -0.124 e. The highest BCUT2D eigenvalue weighted by molar-refractivity contribution is 8.04. The molecule has 0 bridgehead atoms. The van der Waals surface area contributed by atoms with Crippen LogP contribution in [0.15, 0.2) is 22.9 Å². The van der Waals surface area contributed by atoms with Crippen LogP contribution >= 0.6 is 19.7 Å². The highest BCUT2D eigenvalue weighted by atomic mass is 32.2. The van der Waals surface area contributed by atoms with Crippen LogP contribution in [0.5, 0.6) is 0 Å². The first-order chi connectivity index (χ1) is 7.80. The minimum atomic E-state index is -0.316. The molecule has 0 aromatic rings. The van der Waals surface area contributed by atoms with Crippen LogP contribution in [0.1, 0.15) is 27.2 Å². The summed E-state index contributed by atoms with van der Waals surface area (Å²) in [7, 11) is -0.316. The van der Waals surface area contributed by atoms with Gasteiger partial charge in [-0.3, -0.25) is 0 Å². The molecule has 0 heterocycles.